The molecule has 1 saturated heterocycles. The number of hydrogen-bond donors (Lipinski definition) is 1. The van der Waals surface area contributed by atoms with Crippen LogP contribution in [0.15, 0.2) is 30.3 Å². The summed E-state index contributed by atoms with van der Waals surface area (Å²) in [6.07, 6.45) is 4.86. The molecular weight excluding hydrogens is 296 g/mol. The Morgan fingerprint density at radius 2 is 1.91 bits per heavy atom. The Balaban J connectivity index is 1.44. The van der Waals surface area contributed by atoms with Gasteiger partial charge in [0.15, 0.2) is 6.29 Å². The van der Waals surface area contributed by atoms with Gasteiger partial charge in [-0.2, -0.15) is 0 Å². The molecule has 1 aliphatic heterocycles. The maximum atomic E-state index is 11.9. The van der Waals surface area contributed by atoms with E-state index in [1.807, 2.05) is 6.07 Å². The SMILES string of the molecule is O=C(OC[C@H]1O[C@@H](OC2CCCCC2)C[C@H]1O)c1ccccc1. The summed E-state index contributed by atoms with van der Waals surface area (Å²) in [6.45, 7) is 0.0411. The van der Waals surface area contributed by atoms with E-state index in [0.29, 0.717) is 12.0 Å². The number of benzene rings is 1. The van der Waals surface area contributed by atoms with Gasteiger partial charge in [0.2, 0.25) is 0 Å². The standard InChI is InChI=1S/C18H24O5/c19-15-11-17(22-14-9-5-2-6-10-14)23-16(15)12-21-18(20)13-7-3-1-4-8-13/h1,3-4,7-8,14-17,19H,2,5-6,9-12H2/t15-,16-,17-/m1/s1. The third kappa shape index (κ3) is 4.53. The van der Waals surface area contributed by atoms with Crippen LogP contribution in [0.2, 0.25) is 0 Å². The van der Waals surface area contributed by atoms with Gasteiger partial charge in [-0.1, -0.05) is 37.5 Å². The highest BCUT2D eigenvalue weighted by Gasteiger charge is 2.36. The van der Waals surface area contributed by atoms with Gasteiger partial charge in [0, 0.05) is 6.42 Å². The number of aliphatic hydroxyl groups excluding tert-OH is 1. The fourth-order valence-electron chi connectivity index (χ4n) is 3.16. The lowest BCUT2D eigenvalue weighted by Crippen LogP contribution is -2.28. The first-order valence-corrected chi connectivity index (χ1v) is 8.43. The predicted octanol–water partition coefficient (Wildman–Crippen LogP) is 2.67. The fourth-order valence-corrected chi connectivity index (χ4v) is 3.16. The number of rotatable bonds is 5. The van der Waals surface area contributed by atoms with Gasteiger partial charge in [0.1, 0.15) is 12.7 Å². The molecule has 0 unspecified atom stereocenters. The van der Waals surface area contributed by atoms with Gasteiger partial charge in [0.25, 0.3) is 0 Å². The minimum Gasteiger partial charge on any atom is -0.459 e. The molecule has 1 N–H and O–H groups in total. The molecule has 0 spiro atoms. The first-order valence-electron chi connectivity index (χ1n) is 8.43. The minimum atomic E-state index is -0.660. The van der Waals surface area contributed by atoms with Crippen LogP contribution in [0.5, 0.6) is 0 Å². The first kappa shape index (κ1) is 16.4. The summed E-state index contributed by atoms with van der Waals surface area (Å²) in [4.78, 5) is 11.9. The molecule has 3 atom stereocenters. The van der Waals surface area contributed by atoms with Crippen LogP contribution in [0.3, 0.4) is 0 Å². The van der Waals surface area contributed by atoms with E-state index in [1.165, 1.54) is 19.3 Å². The number of aliphatic hydroxyl groups is 1. The summed E-state index contributed by atoms with van der Waals surface area (Å²) < 4.78 is 16.9. The normalized spacial score (nSPS) is 28.7. The van der Waals surface area contributed by atoms with Gasteiger partial charge in [-0.05, 0) is 25.0 Å². The Bertz CT molecular complexity index is 497. The molecule has 0 bridgehead atoms. The van der Waals surface area contributed by atoms with Crippen LogP contribution in [0.25, 0.3) is 0 Å². The zero-order valence-electron chi connectivity index (χ0n) is 13.2. The smallest absolute Gasteiger partial charge is 0.338 e. The van der Waals surface area contributed by atoms with Crippen molar-refractivity contribution in [3.8, 4) is 0 Å². The van der Waals surface area contributed by atoms with Gasteiger partial charge < -0.3 is 19.3 Å². The van der Waals surface area contributed by atoms with E-state index in [2.05, 4.69) is 0 Å². The van der Waals surface area contributed by atoms with Gasteiger partial charge >= 0.3 is 5.97 Å². The van der Waals surface area contributed by atoms with Crippen molar-refractivity contribution >= 4 is 5.97 Å². The van der Waals surface area contributed by atoms with E-state index < -0.39 is 24.5 Å². The maximum Gasteiger partial charge on any atom is 0.338 e. The summed E-state index contributed by atoms with van der Waals surface area (Å²) in [6, 6.07) is 8.80. The zero-order valence-corrected chi connectivity index (χ0v) is 13.2. The minimum absolute atomic E-state index is 0.0411. The number of carbonyl (C=O) groups excluding carboxylic acids is 1. The molecule has 2 aliphatic rings. The molecule has 1 heterocycles. The summed E-state index contributed by atoms with van der Waals surface area (Å²) in [7, 11) is 0. The Hall–Kier alpha value is -1.43. The molecule has 23 heavy (non-hydrogen) atoms. The second kappa shape index (κ2) is 7.90. The van der Waals surface area contributed by atoms with Gasteiger partial charge in [-0.25, -0.2) is 4.79 Å². The number of esters is 1. The molecule has 5 heteroatoms. The highest BCUT2D eigenvalue weighted by molar-refractivity contribution is 5.89. The molecule has 1 saturated carbocycles. The molecule has 3 rings (SSSR count). The van der Waals surface area contributed by atoms with Gasteiger partial charge in [-0.15, -0.1) is 0 Å². The third-order valence-electron chi connectivity index (χ3n) is 4.47. The largest absolute Gasteiger partial charge is 0.459 e. The molecule has 1 aromatic rings. The summed E-state index contributed by atoms with van der Waals surface area (Å²) in [5.41, 5.74) is 0.495. The molecule has 5 nitrogen and oxygen atoms in total. The quantitative estimate of drug-likeness (QED) is 0.845. The number of carbonyl (C=O) groups is 1. The summed E-state index contributed by atoms with van der Waals surface area (Å²) in [5.74, 6) is -0.405. The van der Waals surface area contributed by atoms with Crippen molar-refractivity contribution in [3.63, 3.8) is 0 Å². The second-order valence-electron chi connectivity index (χ2n) is 6.27. The zero-order chi connectivity index (χ0) is 16.1. The number of hydrogen-bond acceptors (Lipinski definition) is 5. The van der Waals surface area contributed by atoms with Crippen molar-refractivity contribution in [1.29, 1.82) is 0 Å². The average molecular weight is 320 g/mol. The Morgan fingerprint density at radius 1 is 1.17 bits per heavy atom. The molecule has 0 amide bonds. The monoisotopic (exact) mass is 320 g/mol. The molecule has 1 aliphatic carbocycles. The molecule has 0 radical (unpaired) electrons. The topological polar surface area (TPSA) is 65.0 Å². The lowest BCUT2D eigenvalue weighted by atomic mass is 9.98. The summed E-state index contributed by atoms with van der Waals surface area (Å²) in [5, 5.41) is 10.1. The molecule has 126 valence electrons. The van der Waals surface area contributed by atoms with Crippen molar-refractivity contribution in [3.05, 3.63) is 35.9 Å². The fraction of sp³-hybridized carbons (Fsp3) is 0.611. The van der Waals surface area contributed by atoms with E-state index >= 15 is 0 Å². The van der Waals surface area contributed by atoms with Crippen LogP contribution in [0.1, 0.15) is 48.9 Å². The Morgan fingerprint density at radius 3 is 2.65 bits per heavy atom. The molecule has 1 aromatic carbocycles. The number of ether oxygens (including phenoxy) is 3. The van der Waals surface area contributed by atoms with Crippen LogP contribution < -0.4 is 0 Å². The predicted molar refractivity (Wildman–Crippen MR) is 84.0 cm³/mol. The van der Waals surface area contributed by atoms with Crippen molar-refractivity contribution in [2.24, 2.45) is 0 Å². The molecule has 0 aromatic heterocycles. The van der Waals surface area contributed by atoms with Crippen LogP contribution in [-0.4, -0.2) is 42.3 Å². The summed E-state index contributed by atoms with van der Waals surface area (Å²) >= 11 is 0. The second-order valence-corrected chi connectivity index (χ2v) is 6.27. The highest BCUT2D eigenvalue weighted by Crippen LogP contribution is 2.27. The molecule has 2 fully saturated rings. The maximum absolute atomic E-state index is 11.9. The Labute approximate surface area is 136 Å². The lowest BCUT2D eigenvalue weighted by molar-refractivity contribution is -0.174. The lowest BCUT2D eigenvalue weighted by Gasteiger charge is -2.25. The van der Waals surface area contributed by atoms with E-state index in [0.717, 1.165) is 12.8 Å². The van der Waals surface area contributed by atoms with Crippen LogP contribution in [0.4, 0.5) is 0 Å². The van der Waals surface area contributed by atoms with E-state index in [9.17, 15) is 9.90 Å². The van der Waals surface area contributed by atoms with Crippen LogP contribution >= 0.6 is 0 Å². The van der Waals surface area contributed by atoms with Crippen molar-refractivity contribution in [2.45, 2.75) is 63.1 Å². The van der Waals surface area contributed by atoms with Crippen molar-refractivity contribution in [1.82, 2.24) is 0 Å². The van der Waals surface area contributed by atoms with Crippen molar-refractivity contribution < 1.29 is 24.1 Å². The van der Waals surface area contributed by atoms with Crippen LogP contribution in [0, 0.1) is 0 Å². The Kier molecular flexibility index (Phi) is 5.65. The third-order valence-corrected chi connectivity index (χ3v) is 4.47. The average Bonchev–Trinajstić information content (AvgIpc) is 2.94. The van der Waals surface area contributed by atoms with E-state index in [4.69, 9.17) is 14.2 Å². The highest BCUT2D eigenvalue weighted by atomic mass is 16.7. The van der Waals surface area contributed by atoms with Gasteiger partial charge in [0.05, 0.1) is 17.8 Å². The van der Waals surface area contributed by atoms with Crippen molar-refractivity contribution in [2.75, 3.05) is 6.61 Å². The molecular formula is C18H24O5. The van der Waals surface area contributed by atoms with Crippen LogP contribution in [-0.2, 0) is 14.2 Å². The first-order chi connectivity index (χ1) is 11.2. The van der Waals surface area contributed by atoms with Gasteiger partial charge in [-0.3, -0.25) is 0 Å². The van der Waals surface area contributed by atoms with E-state index in [1.54, 1.807) is 24.3 Å². The van der Waals surface area contributed by atoms with E-state index in [-0.39, 0.29) is 12.7 Å².